The monoisotopic (exact) mass is 329 g/mol. The highest BCUT2D eigenvalue weighted by Crippen LogP contribution is 2.17. The number of nitrogens with zero attached hydrogens (tertiary/aromatic N) is 2. The standard InChI is InChI=1S/C17H19N3O4/c21-14(18-11-6-2-1-3-7-11)10-20-16(22)13-9-5-4-8-12(13)15(19-20)17(23)24/h4-5,8-9,11H,1-3,6-7,10H2,(H,18,21)(H,23,24). The van der Waals surface area contributed by atoms with E-state index in [1.54, 1.807) is 24.3 Å². The van der Waals surface area contributed by atoms with Gasteiger partial charge in [-0.2, -0.15) is 5.10 Å². The molecule has 0 aliphatic heterocycles. The molecule has 1 fully saturated rings. The summed E-state index contributed by atoms with van der Waals surface area (Å²) in [5.74, 6) is -1.55. The number of aromatic nitrogens is 2. The van der Waals surface area contributed by atoms with E-state index in [-0.39, 0.29) is 35.0 Å². The lowest BCUT2D eigenvalue weighted by Crippen LogP contribution is -2.40. The number of benzene rings is 1. The van der Waals surface area contributed by atoms with Crippen LogP contribution in [0.1, 0.15) is 42.6 Å². The number of carbonyl (C=O) groups excluding carboxylic acids is 1. The second-order valence-electron chi connectivity index (χ2n) is 6.06. The molecule has 2 aromatic rings. The molecular weight excluding hydrogens is 310 g/mol. The third-order valence-corrected chi connectivity index (χ3v) is 4.33. The Hall–Kier alpha value is -2.70. The fourth-order valence-electron chi connectivity index (χ4n) is 3.16. The van der Waals surface area contributed by atoms with Crippen molar-refractivity contribution in [3.05, 3.63) is 40.3 Å². The maximum atomic E-state index is 12.5. The topological polar surface area (TPSA) is 101 Å². The highest BCUT2D eigenvalue weighted by atomic mass is 16.4. The minimum atomic E-state index is -1.23. The van der Waals surface area contributed by atoms with Gasteiger partial charge in [0.2, 0.25) is 5.91 Å². The summed E-state index contributed by atoms with van der Waals surface area (Å²) in [4.78, 5) is 36.1. The molecule has 0 saturated heterocycles. The molecule has 0 atom stereocenters. The number of amides is 1. The summed E-state index contributed by atoms with van der Waals surface area (Å²) in [7, 11) is 0. The zero-order valence-corrected chi connectivity index (χ0v) is 13.2. The zero-order chi connectivity index (χ0) is 17.1. The van der Waals surface area contributed by atoms with Crippen LogP contribution in [0.25, 0.3) is 10.8 Å². The van der Waals surface area contributed by atoms with E-state index in [1.165, 1.54) is 6.42 Å². The maximum absolute atomic E-state index is 12.5. The van der Waals surface area contributed by atoms with Gasteiger partial charge < -0.3 is 10.4 Å². The number of hydrogen-bond donors (Lipinski definition) is 2. The van der Waals surface area contributed by atoms with Gasteiger partial charge in [0, 0.05) is 11.4 Å². The third kappa shape index (κ3) is 3.29. The van der Waals surface area contributed by atoms with E-state index in [0.717, 1.165) is 30.4 Å². The molecule has 0 spiro atoms. The predicted molar refractivity (Wildman–Crippen MR) is 88.0 cm³/mol. The van der Waals surface area contributed by atoms with Crippen LogP contribution in [0, 0.1) is 0 Å². The number of carboxylic acid groups (broad SMARTS) is 1. The Bertz CT molecular complexity index is 837. The summed E-state index contributed by atoms with van der Waals surface area (Å²) in [5.41, 5.74) is -0.690. The summed E-state index contributed by atoms with van der Waals surface area (Å²) in [6, 6.07) is 6.51. The lowest BCUT2D eigenvalue weighted by Gasteiger charge is -2.22. The minimum Gasteiger partial charge on any atom is -0.476 e. The normalized spacial score (nSPS) is 15.3. The van der Waals surface area contributed by atoms with E-state index < -0.39 is 11.5 Å². The molecule has 1 amide bonds. The Morgan fingerprint density at radius 2 is 1.83 bits per heavy atom. The maximum Gasteiger partial charge on any atom is 0.357 e. The van der Waals surface area contributed by atoms with Crippen LogP contribution in [0.2, 0.25) is 0 Å². The highest BCUT2D eigenvalue weighted by Gasteiger charge is 2.19. The van der Waals surface area contributed by atoms with Gasteiger partial charge in [0.05, 0.1) is 5.39 Å². The van der Waals surface area contributed by atoms with Crippen LogP contribution in [0.4, 0.5) is 0 Å². The van der Waals surface area contributed by atoms with Crippen LogP contribution < -0.4 is 10.9 Å². The van der Waals surface area contributed by atoms with Gasteiger partial charge in [-0.15, -0.1) is 0 Å². The Morgan fingerprint density at radius 1 is 1.17 bits per heavy atom. The van der Waals surface area contributed by atoms with E-state index in [9.17, 15) is 19.5 Å². The van der Waals surface area contributed by atoms with Gasteiger partial charge >= 0.3 is 5.97 Å². The number of hydrogen-bond acceptors (Lipinski definition) is 4. The second-order valence-corrected chi connectivity index (χ2v) is 6.06. The molecular formula is C17H19N3O4. The van der Waals surface area contributed by atoms with Crippen molar-refractivity contribution in [2.45, 2.75) is 44.7 Å². The van der Waals surface area contributed by atoms with E-state index in [0.29, 0.717) is 0 Å². The largest absolute Gasteiger partial charge is 0.476 e. The molecule has 3 rings (SSSR count). The van der Waals surface area contributed by atoms with E-state index in [1.807, 2.05) is 0 Å². The third-order valence-electron chi connectivity index (χ3n) is 4.33. The van der Waals surface area contributed by atoms with Gasteiger partial charge in [-0.1, -0.05) is 37.5 Å². The molecule has 1 saturated carbocycles. The van der Waals surface area contributed by atoms with Crippen molar-refractivity contribution in [3.63, 3.8) is 0 Å². The quantitative estimate of drug-likeness (QED) is 0.886. The van der Waals surface area contributed by atoms with Crippen molar-refractivity contribution in [1.29, 1.82) is 0 Å². The number of fused-ring (bicyclic) bond motifs is 1. The van der Waals surface area contributed by atoms with Crippen LogP contribution in [-0.4, -0.2) is 32.8 Å². The van der Waals surface area contributed by atoms with Crippen molar-refractivity contribution < 1.29 is 14.7 Å². The smallest absolute Gasteiger partial charge is 0.357 e. The molecule has 1 heterocycles. The number of rotatable bonds is 4. The Balaban J connectivity index is 1.88. The van der Waals surface area contributed by atoms with Crippen LogP contribution in [0.5, 0.6) is 0 Å². The first kappa shape index (κ1) is 16.2. The first-order chi connectivity index (χ1) is 11.6. The van der Waals surface area contributed by atoms with Crippen LogP contribution in [0.3, 0.4) is 0 Å². The number of carboxylic acids is 1. The number of carbonyl (C=O) groups is 2. The molecule has 1 aromatic heterocycles. The van der Waals surface area contributed by atoms with Crippen molar-refractivity contribution in [3.8, 4) is 0 Å². The molecule has 126 valence electrons. The Morgan fingerprint density at radius 3 is 2.50 bits per heavy atom. The Labute approximate surface area is 138 Å². The van der Waals surface area contributed by atoms with Crippen LogP contribution in [-0.2, 0) is 11.3 Å². The zero-order valence-electron chi connectivity index (χ0n) is 13.2. The molecule has 1 aromatic carbocycles. The summed E-state index contributed by atoms with van der Waals surface area (Å²) >= 11 is 0. The molecule has 1 aliphatic rings. The molecule has 1 aliphatic carbocycles. The highest BCUT2D eigenvalue weighted by molar-refractivity contribution is 6.01. The fourth-order valence-corrected chi connectivity index (χ4v) is 3.16. The van der Waals surface area contributed by atoms with E-state index in [4.69, 9.17) is 0 Å². The van der Waals surface area contributed by atoms with Gasteiger partial charge in [-0.05, 0) is 18.9 Å². The average molecular weight is 329 g/mol. The molecule has 2 N–H and O–H groups in total. The van der Waals surface area contributed by atoms with Gasteiger partial charge in [0.1, 0.15) is 6.54 Å². The summed E-state index contributed by atoms with van der Waals surface area (Å²) in [5, 5.41) is 16.6. The van der Waals surface area contributed by atoms with Gasteiger partial charge in [-0.25, -0.2) is 9.48 Å². The average Bonchev–Trinajstić information content (AvgIpc) is 2.58. The second kappa shape index (κ2) is 6.82. The van der Waals surface area contributed by atoms with E-state index >= 15 is 0 Å². The van der Waals surface area contributed by atoms with Crippen molar-refractivity contribution in [1.82, 2.24) is 15.1 Å². The first-order valence-corrected chi connectivity index (χ1v) is 8.09. The Kier molecular flexibility index (Phi) is 4.59. The van der Waals surface area contributed by atoms with Crippen molar-refractivity contribution in [2.75, 3.05) is 0 Å². The molecule has 7 heteroatoms. The molecule has 0 bridgehead atoms. The number of aromatic carboxylic acids is 1. The van der Waals surface area contributed by atoms with Crippen LogP contribution in [0.15, 0.2) is 29.1 Å². The number of nitrogens with one attached hydrogen (secondary N) is 1. The first-order valence-electron chi connectivity index (χ1n) is 8.09. The summed E-state index contributed by atoms with van der Waals surface area (Å²) in [6.45, 7) is -0.277. The van der Waals surface area contributed by atoms with Crippen molar-refractivity contribution >= 4 is 22.6 Å². The lowest BCUT2D eigenvalue weighted by molar-refractivity contribution is -0.122. The van der Waals surface area contributed by atoms with Gasteiger partial charge in [0.25, 0.3) is 5.56 Å². The van der Waals surface area contributed by atoms with Gasteiger partial charge in [-0.3, -0.25) is 9.59 Å². The minimum absolute atomic E-state index is 0.126. The summed E-state index contributed by atoms with van der Waals surface area (Å²) in [6.07, 6.45) is 5.23. The lowest BCUT2D eigenvalue weighted by atomic mass is 9.95. The predicted octanol–water partition coefficient (Wildman–Crippen LogP) is 1.54. The molecule has 7 nitrogen and oxygen atoms in total. The van der Waals surface area contributed by atoms with Crippen LogP contribution >= 0.6 is 0 Å². The van der Waals surface area contributed by atoms with E-state index in [2.05, 4.69) is 10.4 Å². The summed E-state index contributed by atoms with van der Waals surface area (Å²) < 4.78 is 0.934. The SMILES string of the molecule is O=C(Cn1nc(C(=O)O)c2ccccc2c1=O)NC1CCCCC1. The molecule has 24 heavy (non-hydrogen) atoms. The van der Waals surface area contributed by atoms with Crippen molar-refractivity contribution in [2.24, 2.45) is 0 Å². The van der Waals surface area contributed by atoms with Gasteiger partial charge in [0.15, 0.2) is 5.69 Å². The fraction of sp³-hybridized carbons (Fsp3) is 0.412. The molecule has 0 unspecified atom stereocenters. The molecule has 0 radical (unpaired) electrons.